The van der Waals surface area contributed by atoms with E-state index in [-0.39, 0.29) is 5.54 Å². The van der Waals surface area contributed by atoms with Gasteiger partial charge in [-0.15, -0.1) is 0 Å². The van der Waals surface area contributed by atoms with Crippen molar-refractivity contribution in [3.05, 3.63) is 24.0 Å². The number of aromatic nitrogens is 1. The first-order valence-electron chi connectivity index (χ1n) is 6.31. The van der Waals surface area contributed by atoms with Gasteiger partial charge in [0.15, 0.2) is 0 Å². The molecule has 0 atom stereocenters. The number of hydrogen-bond acceptors (Lipinski definition) is 3. The molecule has 0 saturated carbocycles. The molecule has 0 aliphatic carbocycles. The second-order valence-electron chi connectivity index (χ2n) is 5.49. The number of halogens is 3. The molecule has 0 unspecified atom stereocenters. The molecule has 1 N–H and O–H groups in total. The maximum atomic E-state index is 12.5. The average Bonchev–Trinajstić information content (AvgIpc) is 2.49. The largest absolute Gasteiger partial charge is 0.433 e. The molecule has 0 amide bonds. The third-order valence-corrected chi connectivity index (χ3v) is 3.20. The summed E-state index contributed by atoms with van der Waals surface area (Å²) in [5, 5.41) is 3.41. The molecule has 6 heteroatoms. The number of nitrogens with zero attached hydrogens (tertiary/aromatic N) is 2. The molecule has 1 saturated heterocycles. The topological polar surface area (TPSA) is 28.2 Å². The van der Waals surface area contributed by atoms with Crippen molar-refractivity contribution < 1.29 is 13.2 Å². The summed E-state index contributed by atoms with van der Waals surface area (Å²) in [7, 11) is 0. The number of rotatable bonds is 1. The zero-order chi connectivity index (χ0) is 14.1. The first-order chi connectivity index (χ1) is 8.78. The van der Waals surface area contributed by atoms with Gasteiger partial charge in [-0.1, -0.05) is 0 Å². The monoisotopic (exact) mass is 273 g/mol. The van der Waals surface area contributed by atoms with E-state index in [0.29, 0.717) is 0 Å². The van der Waals surface area contributed by atoms with Gasteiger partial charge in [-0.25, -0.2) is 4.98 Å². The Labute approximate surface area is 110 Å². The van der Waals surface area contributed by atoms with Gasteiger partial charge in [0.05, 0.1) is 11.9 Å². The van der Waals surface area contributed by atoms with Crippen LogP contribution in [0.3, 0.4) is 0 Å². The summed E-state index contributed by atoms with van der Waals surface area (Å²) in [5.41, 5.74) is -0.160. The second kappa shape index (κ2) is 5.00. The fraction of sp³-hybridized carbons (Fsp3) is 0.615. The van der Waals surface area contributed by atoms with Crippen LogP contribution in [0.15, 0.2) is 18.3 Å². The highest BCUT2D eigenvalue weighted by Gasteiger charge is 2.32. The highest BCUT2D eigenvalue weighted by Crippen LogP contribution is 2.29. The Kier molecular flexibility index (Phi) is 3.71. The summed E-state index contributed by atoms with van der Waals surface area (Å²) >= 11 is 0. The molecule has 0 radical (unpaired) electrons. The van der Waals surface area contributed by atoms with Crippen molar-refractivity contribution in [2.24, 2.45) is 0 Å². The van der Waals surface area contributed by atoms with Gasteiger partial charge in [0.25, 0.3) is 0 Å². The van der Waals surface area contributed by atoms with Crippen molar-refractivity contribution in [2.45, 2.75) is 32.0 Å². The van der Waals surface area contributed by atoms with E-state index >= 15 is 0 Å². The molecule has 2 rings (SSSR count). The predicted octanol–water partition coefficient (Wildman–Crippen LogP) is 2.68. The van der Waals surface area contributed by atoms with E-state index in [0.717, 1.165) is 37.8 Å². The van der Waals surface area contributed by atoms with Crippen molar-refractivity contribution in [3.63, 3.8) is 0 Å². The summed E-state index contributed by atoms with van der Waals surface area (Å²) in [5.74, 6) is 0. The van der Waals surface area contributed by atoms with Crippen molar-refractivity contribution in [1.82, 2.24) is 10.3 Å². The van der Waals surface area contributed by atoms with Gasteiger partial charge >= 0.3 is 6.18 Å². The Morgan fingerprint density at radius 2 is 2.05 bits per heavy atom. The predicted molar refractivity (Wildman–Crippen MR) is 68.2 cm³/mol. The van der Waals surface area contributed by atoms with Crippen LogP contribution in [0.5, 0.6) is 0 Å². The minimum atomic E-state index is -4.38. The Morgan fingerprint density at radius 1 is 1.32 bits per heavy atom. The van der Waals surface area contributed by atoms with Gasteiger partial charge in [-0.05, 0) is 38.9 Å². The van der Waals surface area contributed by atoms with Crippen LogP contribution in [0, 0.1) is 0 Å². The van der Waals surface area contributed by atoms with Crippen LogP contribution < -0.4 is 10.2 Å². The molecule has 1 aliphatic heterocycles. The van der Waals surface area contributed by atoms with E-state index in [2.05, 4.69) is 29.0 Å². The van der Waals surface area contributed by atoms with E-state index in [9.17, 15) is 13.2 Å². The molecule has 0 bridgehead atoms. The van der Waals surface area contributed by atoms with E-state index < -0.39 is 11.9 Å². The minimum Gasteiger partial charge on any atom is -0.368 e. The lowest BCUT2D eigenvalue weighted by atomic mass is 10.1. The molecule has 1 aliphatic rings. The standard InChI is InChI=1S/C13H18F3N3/c1-12(2)9-19(7-3-6-18-12)10-4-5-11(17-8-10)13(14,15)16/h4-5,8,18H,3,6-7,9H2,1-2H3. The summed E-state index contributed by atoms with van der Waals surface area (Å²) in [6, 6.07) is 2.54. The lowest BCUT2D eigenvalue weighted by molar-refractivity contribution is -0.141. The molecular weight excluding hydrogens is 255 g/mol. The molecule has 1 aromatic heterocycles. The van der Waals surface area contributed by atoms with E-state index in [1.165, 1.54) is 12.3 Å². The number of anilines is 1. The van der Waals surface area contributed by atoms with Crippen LogP contribution >= 0.6 is 0 Å². The molecule has 2 heterocycles. The molecule has 3 nitrogen and oxygen atoms in total. The maximum absolute atomic E-state index is 12.5. The van der Waals surface area contributed by atoms with Gasteiger partial charge in [0, 0.05) is 18.6 Å². The number of alkyl halides is 3. The Bertz CT molecular complexity index is 426. The Balaban J connectivity index is 2.17. The second-order valence-corrected chi connectivity index (χ2v) is 5.49. The van der Waals surface area contributed by atoms with Gasteiger partial charge in [-0.3, -0.25) is 0 Å². The molecular formula is C13H18F3N3. The lowest BCUT2D eigenvalue weighted by Gasteiger charge is -2.31. The molecule has 1 aromatic rings. The number of nitrogens with one attached hydrogen (secondary N) is 1. The highest BCUT2D eigenvalue weighted by molar-refractivity contribution is 5.45. The molecule has 106 valence electrons. The zero-order valence-electron chi connectivity index (χ0n) is 11.1. The molecule has 0 spiro atoms. The van der Waals surface area contributed by atoms with E-state index in [4.69, 9.17) is 0 Å². The molecule has 1 fully saturated rings. The van der Waals surface area contributed by atoms with Crippen molar-refractivity contribution >= 4 is 5.69 Å². The third kappa shape index (κ3) is 3.59. The molecule has 19 heavy (non-hydrogen) atoms. The fourth-order valence-electron chi connectivity index (χ4n) is 2.27. The van der Waals surface area contributed by atoms with E-state index in [1.54, 1.807) is 0 Å². The van der Waals surface area contributed by atoms with Crippen LogP contribution in [-0.4, -0.2) is 30.2 Å². The maximum Gasteiger partial charge on any atom is 0.433 e. The van der Waals surface area contributed by atoms with Crippen molar-refractivity contribution in [3.8, 4) is 0 Å². The Morgan fingerprint density at radius 3 is 2.63 bits per heavy atom. The van der Waals surface area contributed by atoms with Crippen molar-refractivity contribution in [2.75, 3.05) is 24.5 Å². The summed E-state index contributed by atoms with van der Waals surface area (Å²) in [4.78, 5) is 5.59. The third-order valence-electron chi connectivity index (χ3n) is 3.20. The number of hydrogen-bond donors (Lipinski definition) is 1. The van der Waals surface area contributed by atoms with Crippen LogP contribution in [0.2, 0.25) is 0 Å². The van der Waals surface area contributed by atoms with Crippen LogP contribution in [0.25, 0.3) is 0 Å². The fourth-order valence-corrected chi connectivity index (χ4v) is 2.27. The summed E-state index contributed by atoms with van der Waals surface area (Å²) in [6.45, 7) is 6.66. The Hall–Kier alpha value is -1.30. The highest BCUT2D eigenvalue weighted by atomic mass is 19.4. The average molecular weight is 273 g/mol. The first kappa shape index (κ1) is 14.1. The van der Waals surface area contributed by atoms with Gasteiger partial charge in [0.1, 0.15) is 5.69 Å². The first-order valence-corrected chi connectivity index (χ1v) is 6.31. The minimum absolute atomic E-state index is 0.0564. The van der Waals surface area contributed by atoms with E-state index in [1.807, 2.05) is 0 Å². The van der Waals surface area contributed by atoms with Crippen molar-refractivity contribution in [1.29, 1.82) is 0 Å². The zero-order valence-corrected chi connectivity index (χ0v) is 11.1. The normalized spacial score (nSPS) is 20.2. The van der Waals surface area contributed by atoms with Gasteiger partial charge in [-0.2, -0.15) is 13.2 Å². The summed E-state index contributed by atoms with van der Waals surface area (Å²) < 4.78 is 37.4. The molecule has 0 aromatic carbocycles. The lowest BCUT2D eigenvalue weighted by Crippen LogP contribution is -2.46. The quantitative estimate of drug-likeness (QED) is 0.852. The SMILES string of the molecule is CC1(C)CN(c2ccc(C(F)(F)F)nc2)CCCN1. The number of pyridine rings is 1. The van der Waals surface area contributed by atoms with Gasteiger partial charge < -0.3 is 10.2 Å². The van der Waals surface area contributed by atoms with Gasteiger partial charge in [0.2, 0.25) is 0 Å². The van der Waals surface area contributed by atoms with Crippen LogP contribution in [0.4, 0.5) is 18.9 Å². The summed E-state index contributed by atoms with van der Waals surface area (Å²) in [6.07, 6.45) is -2.10. The van der Waals surface area contributed by atoms with Crippen LogP contribution in [-0.2, 0) is 6.18 Å². The smallest absolute Gasteiger partial charge is 0.368 e. The van der Waals surface area contributed by atoms with Crippen LogP contribution in [0.1, 0.15) is 26.0 Å².